The molecule has 0 saturated heterocycles. The topological polar surface area (TPSA) is 46.5 Å². The Labute approximate surface area is 109 Å². The Hall–Kier alpha value is -1.35. The molecule has 0 radical (unpaired) electrons. The lowest BCUT2D eigenvalue weighted by Crippen LogP contribution is -2.20. The highest BCUT2D eigenvalue weighted by molar-refractivity contribution is 5.89. The lowest BCUT2D eigenvalue weighted by Gasteiger charge is -2.22. The van der Waals surface area contributed by atoms with Crippen LogP contribution in [0.4, 0.5) is 0 Å². The standard InChI is InChI=1S/C15H22O3/c1-15(2,3)11-13(16)9-10-18-14(17)12-7-5-4-6-8-12/h4-8,13,16H,9-11H2,1-3H3. The number of ether oxygens (including phenoxy) is 1. The molecule has 1 atom stereocenters. The van der Waals surface area contributed by atoms with Gasteiger partial charge in [0.1, 0.15) is 0 Å². The molecule has 1 aromatic carbocycles. The molecule has 1 N–H and O–H groups in total. The SMILES string of the molecule is CC(C)(C)CC(O)CCOC(=O)c1ccccc1. The number of aliphatic hydroxyl groups is 1. The van der Waals surface area contributed by atoms with Crippen LogP contribution in [0, 0.1) is 5.41 Å². The average Bonchev–Trinajstić information content (AvgIpc) is 2.27. The predicted molar refractivity (Wildman–Crippen MR) is 71.4 cm³/mol. The third kappa shape index (κ3) is 5.82. The molecule has 1 rings (SSSR count). The molecule has 0 amide bonds. The van der Waals surface area contributed by atoms with Crippen molar-refractivity contribution in [2.45, 2.75) is 39.7 Å². The molecule has 100 valence electrons. The molecule has 0 heterocycles. The summed E-state index contributed by atoms with van der Waals surface area (Å²) in [6.45, 7) is 6.48. The van der Waals surface area contributed by atoms with Crippen molar-refractivity contribution in [1.29, 1.82) is 0 Å². The van der Waals surface area contributed by atoms with Gasteiger partial charge < -0.3 is 9.84 Å². The number of carbonyl (C=O) groups excluding carboxylic acids is 1. The smallest absolute Gasteiger partial charge is 0.338 e. The highest BCUT2D eigenvalue weighted by atomic mass is 16.5. The fourth-order valence-electron chi connectivity index (χ4n) is 1.75. The van der Waals surface area contributed by atoms with Crippen molar-refractivity contribution in [3.05, 3.63) is 35.9 Å². The monoisotopic (exact) mass is 250 g/mol. The summed E-state index contributed by atoms with van der Waals surface area (Å²) in [5.74, 6) is -0.335. The molecule has 0 bridgehead atoms. The van der Waals surface area contributed by atoms with Crippen LogP contribution in [0.15, 0.2) is 30.3 Å². The van der Waals surface area contributed by atoms with Crippen molar-refractivity contribution in [2.75, 3.05) is 6.61 Å². The highest BCUT2D eigenvalue weighted by Crippen LogP contribution is 2.21. The van der Waals surface area contributed by atoms with E-state index in [1.807, 2.05) is 6.07 Å². The molecule has 0 aromatic heterocycles. The second-order valence-corrected chi connectivity index (χ2v) is 5.71. The third-order valence-corrected chi connectivity index (χ3v) is 2.54. The Bertz CT molecular complexity index is 365. The van der Waals surface area contributed by atoms with Crippen molar-refractivity contribution in [2.24, 2.45) is 5.41 Å². The fourth-order valence-corrected chi connectivity index (χ4v) is 1.75. The second-order valence-electron chi connectivity index (χ2n) is 5.71. The van der Waals surface area contributed by atoms with Gasteiger partial charge in [-0.1, -0.05) is 39.0 Å². The van der Waals surface area contributed by atoms with E-state index in [1.165, 1.54) is 0 Å². The number of benzene rings is 1. The Morgan fingerprint density at radius 1 is 1.28 bits per heavy atom. The average molecular weight is 250 g/mol. The number of aliphatic hydroxyl groups excluding tert-OH is 1. The van der Waals surface area contributed by atoms with Crippen LogP contribution in [-0.4, -0.2) is 23.8 Å². The Kier molecular flexibility index (Phi) is 5.35. The summed E-state index contributed by atoms with van der Waals surface area (Å²) in [5, 5.41) is 9.78. The van der Waals surface area contributed by atoms with E-state index in [0.29, 0.717) is 18.4 Å². The molecule has 3 nitrogen and oxygen atoms in total. The summed E-state index contributed by atoms with van der Waals surface area (Å²) >= 11 is 0. The van der Waals surface area contributed by atoms with Gasteiger partial charge >= 0.3 is 5.97 Å². The number of carbonyl (C=O) groups is 1. The van der Waals surface area contributed by atoms with Crippen LogP contribution in [0.5, 0.6) is 0 Å². The number of esters is 1. The maximum atomic E-state index is 11.6. The lowest BCUT2D eigenvalue weighted by atomic mass is 9.88. The predicted octanol–water partition coefficient (Wildman–Crippen LogP) is 3.03. The van der Waals surface area contributed by atoms with Crippen molar-refractivity contribution in [3.8, 4) is 0 Å². The van der Waals surface area contributed by atoms with Crippen molar-refractivity contribution < 1.29 is 14.6 Å². The molecular weight excluding hydrogens is 228 g/mol. The largest absolute Gasteiger partial charge is 0.462 e. The Balaban J connectivity index is 2.28. The summed E-state index contributed by atoms with van der Waals surface area (Å²) in [4.78, 5) is 11.6. The zero-order valence-electron chi connectivity index (χ0n) is 11.3. The molecule has 1 aromatic rings. The first kappa shape index (κ1) is 14.7. The van der Waals surface area contributed by atoms with E-state index in [1.54, 1.807) is 24.3 Å². The molecule has 0 spiro atoms. The molecular formula is C15H22O3. The van der Waals surface area contributed by atoms with E-state index >= 15 is 0 Å². The zero-order valence-corrected chi connectivity index (χ0v) is 11.3. The first-order valence-corrected chi connectivity index (χ1v) is 6.29. The summed E-state index contributed by atoms with van der Waals surface area (Å²) in [6.07, 6.45) is 0.764. The quantitative estimate of drug-likeness (QED) is 0.817. The van der Waals surface area contributed by atoms with Crippen molar-refractivity contribution in [3.63, 3.8) is 0 Å². The van der Waals surface area contributed by atoms with Gasteiger partial charge in [0, 0.05) is 6.42 Å². The van der Waals surface area contributed by atoms with Crippen molar-refractivity contribution >= 4 is 5.97 Å². The van der Waals surface area contributed by atoms with Gasteiger partial charge in [0.05, 0.1) is 18.3 Å². The van der Waals surface area contributed by atoms with Gasteiger partial charge in [0.2, 0.25) is 0 Å². The molecule has 3 heteroatoms. The first-order chi connectivity index (χ1) is 8.38. The summed E-state index contributed by atoms with van der Waals surface area (Å²) < 4.78 is 5.11. The second kappa shape index (κ2) is 6.55. The van der Waals surface area contributed by atoms with E-state index in [9.17, 15) is 9.90 Å². The molecule has 0 aliphatic carbocycles. The van der Waals surface area contributed by atoms with Crippen LogP contribution in [0.3, 0.4) is 0 Å². The van der Waals surface area contributed by atoms with E-state index in [4.69, 9.17) is 4.74 Å². The summed E-state index contributed by atoms with van der Waals surface area (Å²) in [7, 11) is 0. The number of rotatable bonds is 5. The van der Waals surface area contributed by atoms with Gasteiger partial charge in [-0.2, -0.15) is 0 Å². The summed E-state index contributed by atoms with van der Waals surface area (Å²) in [5.41, 5.74) is 0.630. The Morgan fingerprint density at radius 2 is 1.89 bits per heavy atom. The van der Waals surface area contributed by atoms with Crippen LogP contribution < -0.4 is 0 Å². The van der Waals surface area contributed by atoms with Crippen molar-refractivity contribution in [1.82, 2.24) is 0 Å². The van der Waals surface area contributed by atoms with E-state index in [2.05, 4.69) is 20.8 Å². The maximum absolute atomic E-state index is 11.6. The van der Waals surface area contributed by atoms with Crippen LogP contribution >= 0.6 is 0 Å². The molecule has 18 heavy (non-hydrogen) atoms. The number of hydrogen-bond acceptors (Lipinski definition) is 3. The van der Waals surface area contributed by atoms with Crippen LogP contribution in [0.2, 0.25) is 0 Å². The first-order valence-electron chi connectivity index (χ1n) is 6.29. The lowest BCUT2D eigenvalue weighted by molar-refractivity contribution is 0.0389. The van der Waals surface area contributed by atoms with Gasteiger partial charge in [0.25, 0.3) is 0 Å². The molecule has 0 aliphatic rings. The molecule has 0 fully saturated rings. The normalized spacial score (nSPS) is 13.1. The van der Waals surface area contributed by atoms with Gasteiger partial charge in [-0.25, -0.2) is 4.79 Å². The van der Waals surface area contributed by atoms with E-state index in [-0.39, 0.29) is 18.0 Å². The van der Waals surface area contributed by atoms with Gasteiger partial charge in [0.15, 0.2) is 0 Å². The highest BCUT2D eigenvalue weighted by Gasteiger charge is 2.17. The molecule has 0 aliphatic heterocycles. The van der Waals surface area contributed by atoms with Gasteiger partial charge in [-0.15, -0.1) is 0 Å². The summed E-state index contributed by atoms with van der Waals surface area (Å²) in [6, 6.07) is 8.88. The molecule has 0 saturated carbocycles. The van der Waals surface area contributed by atoms with Crippen LogP contribution in [0.25, 0.3) is 0 Å². The van der Waals surface area contributed by atoms with E-state index in [0.717, 1.165) is 0 Å². The molecule has 1 unspecified atom stereocenters. The third-order valence-electron chi connectivity index (χ3n) is 2.54. The minimum Gasteiger partial charge on any atom is -0.462 e. The van der Waals surface area contributed by atoms with E-state index < -0.39 is 6.10 Å². The fraction of sp³-hybridized carbons (Fsp3) is 0.533. The van der Waals surface area contributed by atoms with Gasteiger partial charge in [-0.05, 0) is 24.0 Å². The van der Waals surface area contributed by atoms with Crippen LogP contribution in [-0.2, 0) is 4.74 Å². The maximum Gasteiger partial charge on any atom is 0.338 e. The minimum absolute atomic E-state index is 0.0862. The Morgan fingerprint density at radius 3 is 2.44 bits per heavy atom. The van der Waals surface area contributed by atoms with Gasteiger partial charge in [-0.3, -0.25) is 0 Å². The zero-order chi connectivity index (χ0) is 13.6. The van der Waals surface area contributed by atoms with Crippen LogP contribution in [0.1, 0.15) is 44.0 Å². The minimum atomic E-state index is -0.423. The number of hydrogen-bond donors (Lipinski definition) is 1.